The van der Waals surface area contributed by atoms with Crippen molar-refractivity contribution in [3.63, 3.8) is 0 Å². The van der Waals surface area contributed by atoms with Crippen molar-refractivity contribution in [2.24, 2.45) is 0 Å². The minimum atomic E-state index is -0.214. The molecule has 0 saturated heterocycles. The molecule has 0 radical (unpaired) electrons. The van der Waals surface area contributed by atoms with E-state index >= 15 is 0 Å². The van der Waals surface area contributed by atoms with E-state index in [0.717, 1.165) is 10.7 Å². The number of aromatic nitrogens is 2. The molecule has 2 aromatic rings. The van der Waals surface area contributed by atoms with Gasteiger partial charge in [-0.3, -0.25) is 4.79 Å². The number of rotatable bonds is 4. The predicted molar refractivity (Wildman–Crippen MR) is 83.6 cm³/mol. The summed E-state index contributed by atoms with van der Waals surface area (Å²) in [6.07, 6.45) is 0. The highest BCUT2D eigenvalue weighted by Gasteiger charge is 2.20. The summed E-state index contributed by atoms with van der Waals surface area (Å²) in [5.41, 5.74) is 6.75. The Morgan fingerprint density at radius 3 is 2.65 bits per heavy atom. The van der Waals surface area contributed by atoms with Gasteiger partial charge >= 0.3 is 0 Å². The van der Waals surface area contributed by atoms with Crippen LogP contribution < -0.4 is 16.0 Å². The maximum Gasteiger partial charge on any atom is 0.265 e. The van der Waals surface area contributed by atoms with Crippen LogP contribution in [0.25, 0.3) is 0 Å². The first-order chi connectivity index (χ1) is 9.38. The molecule has 2 rings (SSSR count). The number of thiazole rings is 2. The second-order valence-corrected chi connectivity index (χ2v) is 6.49. The Hall–Kier alpha value is -1.67. The molecule has 0 saturated carbocycles. The number of nitrogens with zero attached hydrogens (tertiary/aromatic N) is 3. The third-order valence-electron chi connectivity index (χ3n) is 2.59. The number of amides is 1. The lowest BCUT2D eigenvalue weighted by molar-refractivity contribution is 0.0944. The molecule has 0 spiro atoms. The number of aryl methyl sites for hydroxylation is 1. The van der Waals surface area contributed by atoms with Crippen LogP contribution in [0.4, 0.5) is 10.9 Å². The number of nitrogen functional groups attached to an aromatic ring is 1. The highest BCUT2D eigenvalue weighted by molar-refractivity contribution is 7.18. The fourth-order valence-electron chi connectivity index (χ4n) is 1.57. The van der Waals surface area contributed by atoms with Crippen LogP contribution in [0, 0.1) is 6.92 Å². The Morgan fingerprint density at radius 1 is 1.45 bits per heavy atom. The van der Waals surface area contributed by atoms with E-state index in [0.29, 0.717) is 10.0 Å². The summed E-state index contributed by atoms with van der Waals surface area (Å²) in [7, 11) is 3.72. The molecule has 0 aliphatic heterocycles. The lowest BCUT2D eigenvalue weighted by atomic mass is 10.3. The minimum Gasteiger partial charge on any atom is -0.382 e. The summed E-state index contributed by atoms with van der Waals surface area (Å²) in [6, 6.07) is -0.148. The van der Waals surface area contributed by atoms with E-state index in [1.807, 2.05) is 38.2 Å². The van der Waals surface area contributed by atoms with Crippen LogP contribution >= 0.6 is 22.7 Å². The van der Waals surface area contributed by atoms with Crippen molar-refractivity contribution in [2.75, 3.05) is 24.7 Å². The van der Waals surface area contributed by atoms with Gasteiger partial charge in [0.05, 0.1) is 6.04 Å². The fourth-order valence-corrected chi connectivity index (χ4v) is 3.18. The molecule has 0 aliphatic rings. The van der Waals surface area contributed by atoms with E-state index in [1.165, 1.54) is 22.7 Å². The molecule has 0 bridgehead atoms. The third kappa shape index (κ3) is 3.07. The molecule has 0 aromatic carbocycles. The summed E-state index contributed by atoms with van der Waals surface area (Å²) in [5, 5.41) is 6.46. The van der Waals surface area contributed by atoms with Gasteiger partial charge in [0.1, 0.15) is 15.7 Å². The molecule has 108 valence electrons. The maximum atomic E-state index is 12.2. The number of nitrogens with two attached hydrogens (primary N) is 1. The van der Waals surface area contributed by atoms with Crippen molar-refractivity contribution >= 4 is 39.5 Å². The first kappa shape index (κ1) is 14.7. The summed E-state index contributed by atoms with van der Waals surface area (Å²) >= 11 is 2.81. The third-order valence-corrected chi connectivity index (χ3v) is 4.97. The van der Waals surface area contributed by atoms with Crippen molar-refractivity contribution < 1.29 is 4.79 Å². The number of hydrogen-bond donors (Lipinski definition) is 2. The maximum absolute atomic E-state index is 12.2. The Kier molecular flexibility index (Phi) is 4.24. The molecule has 0 fully saturated rings. The lowest BCUT2D eigenvalue weighted by Gasteiger charge is -2.10. The normalized spacial score (nSPS) is 12.2. The Bertz CT molecular complexity index is 619. The van der Waals surface area contributed by atoms with Crippen molar-refractivity contribution in [1.82, 2.24) is 15.3 Å². The number of hydrogen-bond acceptors (Lipinski definition) is 7. The van der Waals surface area contributed by atoms with Gasteiger partial charge < -0.3 is 16.0 Å². The average Bonchev–Trinajstić information content (AvgIpc) is 2.95. The monoisotopic (exact) mass is 311 g/mol. The molecular formula is C12H17N5OS2. The summed E-state index contributed by atoms with van der Waals surface area (Å²) in [5.74, 6) is 0.0483. The topological polar surface area (TPSA) is 84.1 Å². The van der Waals surface area contributed by atoms with E-state index in [9.17, 15) is 4.79 Å². The van der Waals surface area contributed by atoms with E-state index in [4.69, 9.17) is 5.73 Å². The zero-order chi connectivity index (χ0) is 14.9. The molecule has 6 nitrogen and oxygen atoms in total. The van der Waals surface area contributed by atoms with E-state index in [2.05, 4.69) is 15.3 Å². The van der Waals surface area contributed by atoms with Gasteiger partial charge in [-0.15, -0.1) is 11.3 Å². The zero-order valence-electron chi connectivity index (χ0n) is 11.8. The molecule has 3 N–H and O–H groups in total. The van der Waals surface area contributed by atoms with Gasteiger partial charge in [-0.05, 0) is 13.8 Å². The van der Waals surface area contributed by atoms with Crippen LogP contribution in [0.3, 0.4) is 0 Å². The minimum absolute atomic E-state index is 0.148. The number of carbonyl (C=O) groups excluding carboxylic acids is 1. The first-order valence-corrected chi connectivity index (χ1v) is 7.74. The van der Waals surface area contributed by atoms with Gasteiger partial charge in [-0.25, -0.2) is 9.97 Å². The molecular weight excluding hydrogens is 294 g/mol. The average molecular weight is 311 g/mol. The highest BCUT2D eigenvalue weighted by Crippen LogP contribution is 2.27. The van der Waals surface area contributed by atoms with Gasteiger partial charge in [0, 0.05) is 25.2 Å². The zero-order valence-corrected chi connectivity index (χ0v) is 13.4. The quantitative estimate of drug-likeness (QED) is 0.903. The second kappa shape index (κ2) is 5.76. The molecule has 1 unspecified atom stereocenters. The number of nitrogens with one attached hydrogen (secondary N) is 1. The second-order valence-electron chi connectivity index (χ2n) is 4.63. The first-order valence-electron chi connectivity index (χ1n) is 6.05. The largest absolute Gasteiger partial charge is 0.382 e. The predicted octanol–water partition coefficient (Wildman–Crippen LogP) is 2.05. The van der Waals surface area contributed by atoms with Gasteiger partial charge in [0.25, 0.3) is 5.91 Å². The van der Waals surface area contributed by atoms with Gasteiger partial charge in [0.15, 0.2) is 5.13 Å². The fraction of sp³-hybridized carbons (Fsp3) is 0.417. The number of carbonyl (C=O) groups is 1. The standard InChI is InChI=1S/C12H17N5OS2/c1-6-5-19-11(14-6)7(2)15-10(18)8-9(13)16-12(20-8)17(3)4/h5,7H,13H2,1-4H3,(H,15,18). The van der Waals surface area contributed by atoms with Crippen molar-refractivity contribution in [2.45, 2.75) is 19.9 Å². The van der Waals surface area contributed by atoms with Crippen LogP contribution in [-0.4, -0.2) is 30.0 Å². The smallest absolute Gasteiger partial charge is 0.265 e. The van der Waals surface area contributed by atoms with Crippen LogP contribution in [0.2, 0.25) is 0 Å². The van der Waals surface area contributed by atoms with Crippen LogP contribution in [0.5, 0.6) is 0 Å². The molecule has 1 atom stereocenters. The van der Waals surface area contributed by atoms with Gasteiger partial charge in [0.2, 0.25) is 0 Å². The lowest BCUT2D eigenvalue weighted by Crippen LogP contribution is -2.26. The van der Waals surface area contributed by atoms with E-state index in [-0.39, 0.29) is 17.8 Å². The van der Waals surface area contributed by atoms with Crippen molar-refractivity contribution in [1.29, 1.82) is 0 Å². The Morgan fingerprint density at radius 2 is 2.15 bits per heavy atom. The molecule has 2 aromatic heterocycles. The highest BCUT2D eigenvalue weighted by atomic mass is 32.1. The summed E-state index contributed by atoms with van der Waals surface area (Å²) in [6.45, 7) is 3.83. The summed E-state index contributed by atoms with van der Waals surface area (Å²) < 4.78 is 0. The van der Waals surface area contributed by atoms with Crippen LogP contribution in [0.15, 0.2) is 5.38 Å². The molecule has 2 heterocycles. The van der Waals surface area contributed by atoms with Gasteiger partial charge in [-0.1, -0.05) is 11.3 Å². The van der Waals surface area contributed by atoms with Crippen LogP contribution in [-0.2, 0) is 0 Å². The van der Waals surface area contributed by atoms with E-state index < -0.39 is 0 Å². The Balaban J connectivity index is 2.12. The van der Waals surface area contributed by atoms with Crippen molar-refractivity contribution in [3.8, 4) is 0 Å². The summed E-state index contributed by atoms with van der Waals surface area (Å²) in [4.78, 5) is 23.0. The SMILES string of the molecule is Cc1csc(C(C)NC(=O)c2sc(N(C)C)nc2N)n1. The molecule has 1 amide bonds. The van der Waals surface area contributed by atoms with E-state index in [1.54, 1.807) is 0 Å². The van der Waals surface area contributed by atoms with Crippen molar-refractivity contribution in [3.05, 3.63) is 21.0 Å². The molecule has 0 aliphatic carbocycles. The molecule has 8 heteroatoms. The molecule has 20 heavy (non-hydrogen) atoms. The van der Waals surface area contributed by atoms with Crippen LogP contribution in [0.1, 0.15) is 33.3 Å². The van der Waals surface area contributed by atoms with Gasteiger partial charge in [-0.2, -0.15) is 0 Å². The number of anilines is 2. The Labute approximate surface area is 125 Å².